The minimum Gasteiger partial charge on any atom is -0.497 e. The van der Waals surface area contributed by atoms with Gasteiger partial charge in [-0.1, -0.05) is 12.1 Å². The van der Waals surface area contributed by atoms with Crippen LogP contribution in [0.2, 0.25) is 0 Å². The van der Waals surface area contributed by atoms with E-state index in [1.54, 1.807) is 14.2 Å². The standard InChI is InChI=1S/C18H29N3O3/c1-15(14-23-2)19-18(22)21-12-10-20(11-13-21)9-8-16-4-6-17(24-3)7-5-16/h4-7,15H,8-14H2,1-3H3,(H,19,22). The van der Waals surface area contributed by atoms with Gasteiger partial charge in [-0.15, -0.1) is 0 Å². The summed E-state index contributed by atoms with van der Waals surface area (Å²) in [4.78, 5) is 16.5. The number of nitrogens with one attached hydrogen (secondary N) is 1. The number of ether oxygens (including phenoxy) is 2. The van der Waals surface area contributed by atoms with Crippen molar-refractivity contribution in [2.75, 3.05) is 53.6 Å². The molecule has 6 nitrogen and oxygen atoms in total. The lowest BCUT2D eigenvalue weighted by Crippen LogP contribution is -2.53. The fraction of sp³-hybridized carbons (Fsp3) is 0.611. The molecular formula is C18H29N3O3. The first-order valence-electron chi connectivity index (χ1n) is 8.52. The molecule has 1 unspecified atom stereocenters. The lowest BCUT2D eigenvalue weighted by molar-refractivity contribution is 0.129. The Labute approximate surface area is 144 Å². The molecule has 2 amide bonds. The van der Waals surface area contributed by atoms with Gasteiger partial charge < -0.3 is 19.7 Å². The summed E-state index contributed by atoms with van der Waals surface area (Å²) in [5.74, 6) is 0.890. The first-order valence-corrected chi connectivity index (χ1v) is 8.52. The van der Waals surface area contributed by atoms with E-state index < -0.39 is 0 Å². The summed E-state index contributed by atoms with van der Waals surface area (Å²) in [6, 6.07) is 8.27. The summed E-state index contributed by atoms with van der Waals surface area (Å²) < 4.78 is 10.2. The Morgan fingerprint density at radius 1 is 1.17 bits per heavy atom. The number of hydrogen-bond donors (Lipinski definition) is 1. The molecule has 1 N–H and O–H groups in total. The van der Waals surface area contributed by atoms with Crippen molar-refractivity contribution in [2.45, 2.75) is 19.4 Å². The van der Waals surface area contributed by atoms with E-state index in [0.717, 1.165) is 44.9 Å². The molecule has 0 aliphatic carbocycles. The van der Waals surface area contributed by atoms with Gasteiger partial charge in [0.15, 0.2) is 0 Å². The Hall–Kier alpha value is -1.79. The summed E-state index contributed by atoms with van der Waals surface area (Å²) in [6.45, 7) is 6.88. The maximum Gasteiger partial charge on any atom is 0.317 e. The number of amides is 2. The van der Waals surface area contributed by atoms with Crippen molar-refractivity contribution in [3.63, 3.8) is 0 Å². The zero-order valence-corrected chi connectivity index (χ0v) is 15.0. The lowest BCUT2D eigenvalue weighted by Gasteiger charge is -2.35. The number of rotatable bonds is 7. The summed E-state index contributed by atoms with van der Waals surface area (Å²) in [7, 11) is 3.32. The van der Waals surface area contributed by atoms with Crippen LogP contribution in [0.1, 0.15) is 12.5 Å². The molecule has 2 rings (SSSR count). The topological polar surface area (TPSA) is 54.0 Å². The molecule has 1 fully saturated rings. The molecule has 0 radical (unpaired) electrons. The van der Waals surface area contributed by atoms with E-state index >= 15 is 0 Å². The van der Waals surface area contributed by atoms with Crippen LogP contribution >= 0.6 is 0 Å². The Morgan fingerprint density at radius 3 is 2.42 bits per heavy atom. The van der Waals surface area contributed by atoms with Crippen LogP contribution in [0.25, 0.3) is 0 Å². The average Bonchev–Trinajstić information content (AvgIpc) is 2.61. The van der Waals surface area contributed by atoms with Gasteiger partial charge in [0.2, 0.25) is 0 Å². The maximum absolute atomic E-state index is 12.2. The number of methoxy groups -OCH3 is 2. The van der Waals surface area contributed by atoms with Crippen LogP contribution in [0.3, 0.4) is 0 Å². The van der Waals surface area contributed by atoms with Crippen molar-refractivity contribution < 1.29 is 14.3 Å². The number of hydrogen-bond acceptors (Lipinski definition) is 4. The van der Waals surface area contributed by atoms with Gasteiger partial charge in [-0.2, -0.15) is 0 Å². The van der Waals surface area contributed by atoms with Gasteiger partial charge in [0.1, 0.15) is 5.75 Å². The number of urea groups is 1. The van der Waals surface area contributed by atoms with Crippen LogP contribution in [0.4, 0.5) is 4.79 Å². The monoisotopic (exact) mass is 335 g/mol. The van der Waals surface area contributed by atoms with Crippen LogP contribution in [-0.4, -0.2) is 75.4 Å². The first kappa shape index (κ1) is 18.5. The molecular weight excluding hydrogens is 306 g/mol. The van der Waals surface area contributed by atoms with Crippen molar-refractivity contribution in [3.8, 4) is 5.75 Å². The number of benzene rings is 1. The Kier molecular flexibility index (Phi) is 7.34. The van der Waals surface area contributed by atoms with E-state index in [-0.39, 0.29) is 12.1 Å². The summed E-state index contributed by atoms with van der Waals surface area (Å²) in [5.41, 5.74) is 1.31. The van der Waals surface area contributed by atoms with Gasteiger partial charge in [0.05, 0.1) is 19.8 Å². The fourth-order valence-electron chi connectivity index (χ4n) is 2.85. The van der Waals surface area contributed by atoms with E-state index in [1.165, 1.54) is 5.56 Å². The minimum absolute atomic E-state index is 0.00866. The van der Waals surface area contributed by atoms with Gasteiger partial charge in [-0.3, -0.25) is 4.90 Å². The fourth-order valence-corrected chi connectivity index (χ4v) is 2.85. The minimum atomic E-state index is 0.00866. The third-order valence-corrected chi connectivity index (χ3v) is 4.32. The highest BCUT2D eigenvalue weighted by molar-refractivity contribution is 5.74. The highest BCUT2D eigenvalue weighted by Crippen LogP contribution is 2.12. The van der Waals surface area contributed by atoms with E-state index in [1.807, 2.05) is 24.0 Å². The summed E-state index contributed by atoms with van der Waals surface area (Å²) in [5, 5.41) is 2.97. The molecule has 0 saturated carbocycles. The van der Waals surface area contributed by atoms with Gasteiger partial charge >= 0.3 is 6.03 Å². The third-order valence-electron chi connectivity index (χ3n) is 4.32. The first-order chi connectivity index (χ1) is 11.6. The number of carbonyl (C=O) groups is 1. The van der Waals surface area contributed by atoms with Crippen molar-refractivity contribution >= 4 is 6.03 Å². The number of piperazine rings is 1. The Bertz CT molecular complexity index is 499. The molecule has 6 heteroatoms. The molecule has 1 aliphatic rings. The number of carbonyl (C=O) groups excluding carboxylic acids is 1. The molecule has 1 atom stereocenters. The highest BCUT2D eigenvalue weighted by Gasteiger charge is 2.21. The smallest absolute Gasteiger partial charge is 0.317 e. The van der Waals surface area contributed by atoms with Gasteiger partial charge in [-0.05, 0) is 31.0 Å². The molecule has 0 aromatic heterocycles. The predicted molar refractivity (Wildman–Crippen MR) is 94.6 cm³/mol. The lowest BCUT2D eigenvalue weighted by atomic mass is 10.1. The number of nitrogens with zero attached hydrogens (tertiary/aromatic N) is 2. The van der Waals surface area contributed by atoms with E-state index in [0.29, 0.717) is 6.61 Å². The second kappa shape index (κ2) is 9.49. The second-order valence-corrected chi connectivity index (χ2v) is 6.23. The average molecular weight is 335 g/mol. The highest BCUT2D eigenvalue weighted by atomic mass is 16.5. The molecule has 0 spiro atoms. The predicted octanol–water partition coefficient (Wildman–Crippen LogP) is 1.60. The molecule has 1 aromatic rings. The molecule has 1 aliphatic heterocycles. The normalized spacial score (nSPS) is 16.7. The van der Waals surface area contributed by atoms with Crippen LogP contribution in [0.15, 0.2) is 24.3 Å². The van der Waals surface area contributed by atoms with Crippen LogP contribution < -0.4 is 10.1 Å². The van der Waals surface area contributed by atoms with E-state index in [4.69, 9.17) is 9.47 Å². The molecule has 1 aromatic carbocycles. The molecule has 1 heterocycles. The SMILES string of the molecule is COCC(C)NC(=O)N1CCN(CCc2ccc(OC)cc2)CC1. The van der Waals surface area contributed by atoms with Crippen LogP contribution in [0.5, 0.6) is 5.75 Å². The Morgan fingerprint density at radius 2 is 1.83 bits per heavy atom. The zero-order valence-electron chi connectivity index (χ0n) is 15.0. The van der Waals surface area contributed by atoms with E-state index in [2.05, 4.69) is 22.3 Å². The van der Waals surface area contributed by atoms with Gasteiger partial charge in [0.25, 0.3) is 0 Å². The summed E-state index contributed by atoms with van der Waals surface area (Å²) >= 11 is 0. The molecule has 1 saturated heterocycles. The van der Waals surface area contributed by atoms with E-state index in [9.17, 15) is 4.79 Å². The largest absolute Gasteiger partial charge is 0.497 e. The van der Waals surface area contributed by atoms with Crippen LogP contribution in [-0.2, 0) is 11.2 Å². The third kappa shape index (κ3) is 5.69. The van der Waals surface area contributed by atoms with Crippen molar-refractivity contribution in [2.24, 2.45) is 0 Å². The molecule has 24 heavy (non-hydrogen) atoms. The Balaban J connectivity index is 1.69. The quantitative estimate of drug-likeness (QED) is 0.822. The second-order valence-electron chi connectivity index (χ2n) is 6.23. The maximum atomic E-state index is 12.2. The zero-order chi connectivity index (χ0) is 17.4. The molecule has 134 valence electrons. The van der Waals surface area contributed by atoms with Crippen molar-refractivity contribution in [1.82, 2.24) is 15.1 Å². The molecule has 0 bridgehead atoms. The van der Waals surface area contributed by atoms with Crippen LogP contribution in [0, 0.1) is 0 Å². The van der Waals surface area contributed by atoms with Gasteiger partial charge in [-0.25, -0.2) is 4.79 Å². The summed E-state index contributed by atoms with van der Waals surface area (Å²) in [6.07, 6.45) is 1.01. The van der Waals surface area contributed by atoms with Crippen molar-refractivity contribution in [1.29, 1.82) is 0 Å². The van der Waals surface area contributed by atoms with Crippen molar-refractivity contribution in [3.05, 3.63) is 29.8 Å². The van der Waals surface area contributed by atoms with Gasteiger partial charge in [0, 0.05) is 39.8 Å².